The maximum atomic E-state index is 13.3. The molecule has 142 valence electrons. The summed E-state index contributed by atoms with van der Waals surface area (Å²) in [6.07, 6.45) is 0. The first kappa shape index (κ1) is 19.6. The fraction of sp³-hybridized carbons (Fsp3) is 0.316. The minimum atomic E-state index is -0.477. The van der Waals surface area contributed by atoms with E-state index in [1.807, 2.05) is 13.8 Å². The molecule has 0 aliphatic rings. The number of thiophene rings is 1. The van der Waals surface area contributed by atoms with Crippen molar-refractivity contribution in [1.29, 1.82) is 0 Å². The lowest BCUT2D eigenvalue weighted by Crippen LogP contribution is -2.24. The number of hydrogen-bond donors (Lipinski definition) is 0. The van der Waals surface area contributed by atoms with E-state index in [9.17, 15) is 14.0 Å². The Morgan fingerprint density at radius 2 is 2.04 bits per heavy atom. The van der Waals surface area contributed by atoms with Crippen LogP contribution in [0, 0.1) is 12.7 Å². The highest BCUT2D eigenvalue weighted by Crippen LogP contribution is 2.37. The predicted molar refractivity (Wildman–Crippen MR) is 107 cm³/mol. The number of hydrogen-bond acceptors (Lipinski definition) is 6. The summed E-state index contributed by atoms with van der Waals surface area (Å²) in [4.78, 5) is 31.2. The van der Waals surface area contributed by atoms with E-state index in [1.54, 1.807) is 23.6 Å². The van der Waals surface area contributed by atoms with Crippen LogP contribution in [0.2, 0.25) is 0 Å². The van der Waals surface area contributed by atoms with Crippen LogP contribution < -0.4 is 5.56 Å². The lowest BCUT2D eigenvalue weighted by Gasteiger charge is -2.13. The zero-order chi connectivity index (χ0) is 19.7. The molecule has 0 fully saturated rings. The van der Waals surface area contributed by atoms with Crippen molar-refractivity contribution < 1.29 is 13.9 Å². The lowest BCUT2D eigenvalue weighted by atomic mass is 10.0. The standard InChI is InChI=1S/C19H19FN2O3S2/c1-5-22-17(23)15-14(12-6-8-13(20)9-7-12)10(2)26-16(15)21-19(22)27-11(3)18(24)25-4/h6-9,11H,5H2,1-4H3/t11-/m1/s1. The van der Waals surface area contributed by atoms with Gasteiger partial charge >= 0.3 is 5.97 Å². The molecule has 27 heavy (non-hydrogen) atoms. The van der Waals surface area contributed by atoms with Crippen molar-refractivity contribution >= 4 is 39.3 Å². The molecule has 0 saturated carbocycles. The number of nitrogens with zero attached hydrogens (tertiary/aromatic N) is 2. The van der Waals surface area contributed by atoms with Crippen molar-refractivity contribution in [1.82, 2.24) is 9.55 Å². The van der Waals surface area contributed by atoms with Gasteiger partial charge in [0, 0.05) is 17.0 Å². The highest BCUT2D eigenvalue weighted by atomic mass is 32.2. The molecule has 0 radical (unpaired) electrons. The minimum absolute atomic E-state index is 0.161. The third-order valence-corrected chi connectivity index (χ3v) is 6.28. The molecule has 0 spiro atoms. The van der Waals surface area contributed by atoms with Crippen molar-refractivity contribution in [2.45, 2.75) is 37.7 Å². The largest absolute Gasteiger partial charge is 0.468 e. The first-order valence-corrected chi connectivity index (χ1v) is 10.1. The topological polar surface area (TPSA) is 61.2 Å². The van der Waals surface area contributed by atoms with Crippen molar-refractivity contribution in [2.75, 3.05) is 7.11 Å². The number of benzene rings is 1. The molecule has 1 atom stereocenters. The quantitative estimate of drug-likeness (QED) is 0.360. The van der Waals surface area contributed by atoms with Gasteiger partial charge in [-0.1, -0.05) is 23.9 Å². The summed E-state index contributed by atoms with van der Waals surface area (Å²) in [6.45, 7) is 5.93. The maximum Gasteiger partial charge on any atom is 0.318 e. The van der Waals surface area contributed by atoms with Gasteiger partial charge in [0.1, 0.15) is 15.9 Å². The predicted octanol–water partition coefficient (Wildman–Crippen LogP) is 4.25. The summed E-state index contributed by atoms with van der Waals surface area (Å²) in [6, 6.07) is 6.10. The second-order valence-corrected chi connectivity index (χ2v) is 8.46. The van der Waals surface area contributed by atoms with E-state index in [-0.39, 0.29) is 17.3 Å². The molecule has 8 heteroatoms. The molecular weight excluding hydrogens is 387 g/mol. The van der Waals surface area contributed by atoms with Crippen LogP contribution in [0.3, 0.4) is 0 Å². The monoisotopic (exact) mass is 406 g/mol. The Labute approximate surface area is 164 Å². The number of methoxy groups -OCH3 is 1. The number of fused-ring (bicyclic) bond motifs is 1. The second-order valence-electron chi connectivity index (χ2n) is 5.95. The summed E-state index contributed by atoms with van der Waals surface area (Å²) in [7, 11) is 1.33. The average Bonchev–Trinajstić information content (AvgIpc) is 2.98. The number of aryl methyl sites for hydroxylation is 1. The van der Waals surface area contributed by atoms with E-state index in [2.05, 4.69) is 4.98 Å². The fourth-order valence-electron chi connectivity index (χ4n) is 2.88. The molecule has 3 rings (SSSR count). The summed E-state index contributed by atoms with van der Waals surface area (Å²) in [5.74, 6) is -0.693. The van der Waals surface area contributed by atoms with Crippen LogP contribution in [-0.2, 0) is 16.1 Å². The number of ether oxygens (including phenoxy) is 1. The van der Waals surface area contributed by atoms with Crippen LogP contribution >= 0.6 is 23.1 Å². The number of halogens is 1. The number of thioether (sulfide) groups is 1. The van der Waals surface area contributed by atoms with Crippen molar-refractivity contribution in [3.8, 4) is 11.1 Å². The zero-order valence-electron chi connectivity index (χ0n) is 15.4. The van der Waals surface area contributed by atoms with Crippen molar-refractivity contribution in [3.63, 3.8) is 0 Å². The van der Waals surface area contributed by atoms with Crippen LogP contribution in [0.5, 0.6) is 0 Å². The molecule has 2 aromatic heterocycles. The van der Waals surface area contributed by atoms with Gasteiger partial charge in [-0.2, -0.15) is 0 Å². The highest BCUT2D eigenvalue weighted by Gasteiger charge is 2.22. The number of esters is 1. The molecule has 3 aromatic rings. The van der Waals surface area contributed by atoms with Gasteiger partial charge in [0.15, 0.2) is 5.16 Å². The van der Waals surface area contributed by atoms with Crippen molar-refractivity contribution in [3.05, 3.63) is 45.3 Å². The molecule has 0 N–H and O–H groups in total. The molecular formula is C19H19FN2O3S2. The maximum absolute atomic E-state index is 13.3. The van der Waals surface area contributed by atoms with Gasteiger partial charge < -0.3 is 4.74 Å². The van der Waals surface area contributed by atoms with Crippen LogP contribution in [0.25, 0.3) is 21.3 Å². The third kappa shape index (κ3) is 3.64. The number of rotatable bonds is 5. The van der Waals surface area contributed by atoms with E-state index >= 15 is 0 Å². The minimum Gasteiger partial charge on any atom is -0.468 e. The van der Waals surface area contributed by atoms with Gasteiger partial charge in [-0.15, -0.1) is 11.3 Å². The number of carbonyl (C=O) groups excluding carboxylic acids is 1. The van der Waals surface area contributed by atoms with Gasteiger partial charge in [-0.25, -0.2) is 9.37 Å². The van der Waals surface area contributed by atoms with E-state index in [1.165, 1.54) is 42.3 Å². The SMILES string of the molecule is CCn1c(S[C@H](C)C(=O)OC)nc2sc(C)c(-c3ccc(F)cc3)c2c1=O. The van der Waals surface area contributed by atoms with Gasteiger partial charge in [-0.3, -0.25) is 14.2 Å². The lowest BCUT2D eigenvalue weighted by molar-refractivity contribution is -0.139. The summed E-state index contributed by atoms with van der Waals surface area (Å²) in [5.41, 5.74) is 1.41. The Bertz CT molecular complexity index is 1060. The third-order valence-electron chi connectivity index (χ3n) is 4.22. The Kier molecular flexibility index (Phi) is 5.67. The average molecular weight is 407 g/mol. The van der Waals surface area contributed by atoms with Gasteiger partial charge in [-0.05, 0) is 38.5 Å². The molecule has 0 aliphatic carbocycles. The molecule has 0 amide bonds. The Hall–Kier alpha value is -2.19. The van der Waals surface area contributed by atoms with Gasteiger partial charge in [0.2, 0.25) is 0 Å². The first-order chi connectivity index (χ1) is 12.9. The summed E-state index contributed by atoms with van der Waals surface area (Å²) < 4.78 is 19.6. The number of carbonyl (C=O) groups is 1. The van der Waals surface area contributed by atoms with Gasteiger partial charge in [0.05, 0.1) is 12.5 Å². The van der Waals surface area contributed by atoms with E-state index < -0.39 is 5.25 Å². The Balaban J connectivity index is 2.20. The summed E-state index contributed by atoms with van der Waals surface area (Å²) in [5, 5.41) is 0.538. The van der Waals surface area contributed by atoms with Crippen molar-refractivity contribution in [2.24, 2.45) is 0 Å². The van der Waals surface area contributed by atoms with Crippen LogP contribution in [-0.4, -0.2) is 27.9 Å². The smallest absolute Gasteiger partial charge is 0.318 e. The molecule has 0 bridgehead atoms. The second kappa shape index (κ2) is 7.82. The fourth-order valence-corrected chi connectivity index (χ4v) is 4.97. The highest BCUT2D eigenvalue weighted by molar-refractivity contribution is 8.00. The molecule has 1 aromatic carbocycles. The first-order valence-electron chi connectivity index (χ1n) is 8.41. The molecule has 0 aliphatic heterocycles. The normalized spacial score (nSPS) is 12.3. The summed E-state index contributed by atoms with van der Waals surface area (Å²) >= 11 is 2.62. The molecule has 0 saturated heterocycles. The zero-order valence-corrected chi connectivity index (χ0v) is 17.0. The van der Waals surface area contributed by atoms with E-state index in [0.717, 1.165) is 16.0 Å². The van der Waals surface area contributed by atoms with Crippen LogP contribution in [0.4, 0.5) is 4.39 Å². The Morgan fingerprint density at radius 3 is 2.63 bits per heavy atom. The number of aromatic nitrogens is 2. The van der Waals surface area contributed by atoms with Gasteiger partial charge in [0.25, 0.3) is 5.56 Å². The van der Waals surface area contributed by atoms with E-state index in [4.69, 9.17) is 4.74 Å². The Morgan fingerprint density at radius 1 is 1.37 bits per heavy atom. The van der Waals surface area contributed by atoms with Crippen LogP contribution in [0.15, 0.2) is 34.2 Å². The molecule has 5 nitrogen and oxygen atoms in total. The molecule has 0 unspecified atom stereocenters. The van der Waals surface area contributed by atoms with Crippen LogP contribution in [0.1, 0.15) is 18.7 Å². The van der Waals surface area contributed by atoms with E-state index in [0.29, 0.717) is 21.9 Å². The molecule has 2 heterocycles.